The molecule has 0 saturated carbocycles. The van der Waals surface area contributed by atoms with Gasteiger partial charge in [0.1, 0.15) is 5.75 Å². The number of nitrogens with zero attached hydrogens (tertiary/aromatic N) is 2. The molecule has 32 heavy (non-hydrogen) atoms. The Balaban J connectivity index is 0.00000289. The highest BCUT2D eigenvalue weighted by atomic mass is 32.2. The van der Waals surface area contributed by atoms with Crippen LogP contribution in [0.5, 0.6) is 5.75 Å². The minimum Gasteiger partial charge on any atom is -0.494 e. The second-order valence-electron chi connectivity index (χ2n) is 7.14. The Hall–Kier alpha value is -3.45. The number of rotatable bonds is 7. The molecule has 1 aromatic heterocycles. The number of nitrogens with one attached hydrogen (secondary N) is 1. The van der Waals surface area contributed by atoms with Crippen molar-refractivity contribution in [2.45, 2.75) is 32.6 Å². The van der Waals surface area contributed by atoms with Crippen LogP contribution < -0.4 is 9.46 Å². The number of aromatic nitrogens is 2. The van der Waals surface area contributed by atoms with Gasteiger partial charge in [0.15, 0.2) is 5.82 Å². The molecule has 0 atom stereocenters. The summed E-state index contributed by atoms with van der Waals surface area (Å²) in [7, 11) is -3.82. The van der Waals surface area contributed by atoms with Gasteiger partial charge in [0.05, 0.1) is 28.2 Å². The maximum Gasteiger partial charge on any atom is 0.263 e. The fourth-order valence-electron chi connectivity index (χ4n) is 3.27. The van der Waals surface area contributed by atoms with Crippen LogP contribution in [0.25, 0.3) is 11.0 Å². The van der Waals surface area contributed by atoms with Gasteiger partial charge in [0.25, 0.3) is 10.0 Å². The molecule has 0 unspecified atom stereocenters. The van der Waals surface area contributed by atoms with E-state index in [2.05, 4.69) is 9.71 Å². The number of ether oxygens (including phenoxy) is 1. The van der Waals surface area contributed by atoms with Gasteiger partial charge in [-0.2, -0.15) is 0 Å². The van der Waals surface area contributed by atoms with Crippen LogP contribution in [0.1, 0.15) is 31.2 Å². The van der Waals surface area contributed by atoms with Gasteiger partial charge in [-0.3, -0.25) is 4.72 Å². The number of hydrogen-bond acceptors (Lipinski definition) is 5. The van der Waals surface area contributed by atoms with Crippen LogP contribution in [0.15, 0.2) is 77.7 Å². The lowest BCUT2D eigenvalue weighted by atomic mass is 10.1. The van der Waals surface area contributed by atoms with E-state index in [-0.39, 0.29) is 18.1 Å². The van der Waals surface area contributed by atoms with E-state index in [0.29, 0.717) is 29.8 Å². The predicted octanol–water partition coefficient (Wildman–Crippen LogP) is 5.36. The molecular weight excluding hydrogens is 422 g/mol. The topological polar surface area (TPSA) is 81.2 Å². The van der Waals surface area contributed by atoms with Crippen molar-refractivity contribution in [3.8, 4) is 5.75 Å². The molecule has 4 aromatic rings. The molecule has 0 aliphatic carbocycles. The summed E-state index contributed by atoms with van der Waals surface area (Å²) in [6.07, 6.45) is 0.375. The van der Waals surface area contributed by atoms with Crippen molar-refractivity contribution in [3.05, 3.63) is 89.6 Å². The molecule has 166 valence electrons. The van der Waals surface area contributed by atoms with Gasteiger partial charge in [0.2, 0.25) is 0 Å². The highest BCUT2D eigenvalue weighted by Gasteiger charge is 2.19. The lowest BCUT2D eigenvalue weighted by Crippen LogP contribution is -2.16. The molecule has 7 heteroatoms. The van der Waals surface area contributed by atoms with Crippen LogP contribution in [0.4, 0.5) is 5.82 Å². The molecule has 6 nitrogen and oxygen atoms in total. The van der Waals surface area contributed by atoms with E-state index in [1.165, 1.54) is 0 Å². The van der Waals surface area contributed by atoms with E-state index >= 15 is 0 Å². The molecule has 0 aliphatic rings. The van der Waals surface area contributed by atoms with Crippen LogP contribution in [-0.2, 0) is 16.4 Å². The van der Waals surface area contributed by atoms with Crippen LogP contribution in [0, 0.1) is 6.92 Å². The van der Waals surface area contributed by atoms with Crippen LogP contribution in [0.2, 0.25) is 0 Å². The molecule has 0 aliphatic heterocycles. The second kappa shape index (κ2) is 9.78. The maximum absolute atomic E-state index is 13.0. The van der Waals surface area contributed by atoms with Gasteiger partial charge in [-0.25, -0.2) is 18.4 Å². The zero-order chi connectivity index (χ0) is 21.8. The first kappa shape index (κ1) is 23.2. The summed E-state index contributed by atoms with van der Waals surface area (Å²) in [6, 6.07) is 21.7. The fraction of sp³-hybridized carbons (Fsp3) is 0.200. The standard InChI is InChI=1S/C24H23N3O3S.CH4/c1-3-30-23-11-7-4-8-18(23)16-22-24(26-21-10-6-5-9-20(21)25-22)27-31(28,29)19-14-12-17(2)13-15-19;/h4-15H,3,16H2,1-2H3,(H,26,27);1H4. The van der Waals surface area contributed by atoms with Crippen molar-refractivity contribution in [2.24, 2.45) is 0 Å². The van der Waals surface area contributed by atoms with Gasteiger partial charge >= 0.3 is 0 Å². The number of sulfonamides is 1. The lowest BCUT2D eigenvalue weighted by molar-refractivity contribution is 0.337. The largest absolute Gasteiger partial charge is 0.494 e. The summed E-state index contributed by atoms with van der Waals surface area (Å²) in [5.74, 6) is 0.956. The van der Waals surface area contributed by atoms with Crippen LogP contribution in [-0.4, -0.2) is 25.0 Å². The second-order valence-corrected chi connectivity index (χ2v) is 8.83. The Labute approximate surface area is 189 Å². The third kappa shape index (κ3) is 5.06. The fourth-order valence-corrected chi connectivity index (χ4v) is 4.30. The van der Waals surface area contributed by atoms with E-state index < -0.39 is 10.0 Å². The Morgan fingerprint density at radius 2 is 1.50 bits per heavy atom. The quantitative estimate of drug-likeness (QED) is 0.410. The van der Waals surface area contributed by atoms with Crippen molar-refractivity contribution in [2.75, 3.05) is 11.3 Å². The first-order valence-electron chi connectivity index (χ1n) is 10.0. The molecule has 4 rings (SSSR count). The third-order valence-electron chi connectivity index (χ3n) is 4.84. The van der Waals surface area contributed by atoms with E-state index in [9.17, 15) is 8.42 Å². The monoisotopic (exact) mass is 449 g/mol. The average molecular weight is 450 g/mol. The van der Waals surface area contributed by atoms with Crippen molar-refractivity contribution in [1.29, 1.82) is 0 Å². The molecule has 0 fully saturated rings. The average Bonchev–Trinajstić information content (AvgIpc) is 2.76. The molecule has 0 bridgehead atoms. The highest BCUT2D eigenvalue weighted by molar-refractivity contribution is 7.92. The normalized spacial score (nSPS) is 11.1. The van der Waals surface area contributed by atoms with Crippen molar-refractivity contribution in [3.63, 3.8) is 0 Å². The number of benzene rings is 3. The molecule has 0 saturated heterocycles. The summed E-state index contributed by atoms with van der Waals surface area (Å²) in [4.78, 5) is 9.48. The molecule has 0 spiro atoms. The van der Waals surface area contributed by atoms with Gasteiger partial charge < -0.3 is 4.74 Å². The number of anilines is 1. The number of hydrogen-bond donors (Lipinski definition) is 1. The van der Waals surface area contributed by atoms with Gasteiger partial charge in [-0.1, -0.05) is 55.5 Å². The first-order chi connectivity index (χ1) is 15.0. The molecular formula is C25H27N3O3S. The Bertz CT molecular complexity index is 1320. The van der Waals surface area contributed by atoms with Gasteiger partial charge in [0, 0.05) is 12.0 Å². The highest BCUT2D eigenvalue weighted by Crippen LogP contribution is 2.26. The minimum atomic E-state index is -3.82. The lowest BCUT2D eigenvalue weighted by Gasteiger charge is -2.14. The van der Waals surface area contributed by atoms with Crippen molar-refractivity contribution < 1.29 is 13.2 Å². The van der Waals surface area contributed by atoms with E-state index in [0.717, 1.165) is 16.9 Å². The van der Waals surface area contributed by atoms with Crippen LogP contribution in [0.3, 0.4) is 0 Å². The SMILES string of the molecule is C.CCOc1ccccc1Cc1nc2ccccc2nc1NS(=O)(=O)c1ccc(C)cc1. The summed E-state index contributed by atoms with van der Waals surface area (Å²) in [6.45, 7) is 4.37. The molecule has 0 amide bonds. The van der Waals surface area contributed by atoms with E-state index in [4.69, 9.17) is 9.72 Å². The Kier molecular flexibility index (Phi) is 7.10. The minimum absolute atomic E-state index is 0. The molecule has 0 radical (unpaired) electrons. The first-order valence-corrected chi connectivity index (χ1v) is 11.5. The van der Waals surface area contributed by atoms with Crippen molar-refractivity contribution in [1.82, 2.24) is 9.97 Å². The maximum atomic E-state index is 13.0. The van der Waals surface area contributed by atoms with Crippen LogP contribution >= 0.6 is 0 Å². The zero-order valence-corrected chi connectivity index (χ0v) is 18.2. The predicted molar refractivity (Wildman–Crippen MR) is 129 cm³/mol. The summed E-state index contributed by atoms with van der Waals surface area (Å²) >= 11 is 0. The number of para-hydroxylation sites is 3. The Morgan fingerprint density at radius 1 is 0.875 bits per heavy atom. The molecule has 3 aromatic carbocycles. The molecule has 1 N–H and O–H groups in total. The zero-order valence-electron chi connectivity index (χ0n) is 17.4. The van der Waals surface area contributed by atoms with Crippen molar-refractivity contribution >= 4 is 26.9 Å². The van der Waals surface area contributed by atoms with Gasteiger partial charge in [-0.15, -0.1) is 0 Å². The molecule has 1 heterocycles. The smallest absolute Gasteiger partial charge is 0.263 e. The third-order valence-corrected chi connectivity index (χ3v) is 6.19. The summed E-state index contributed by atoms with van der Waals surface area (Å²) < 4.78 is 34.4. The van der Waals surface area contributed by atoms with E-state index in [1.54, 1.807) is 24.3 Å². The Morgan fingerprint density at radius 3 is 2.19 bits per heavy atom. The van der Waals surface area contributed by atoms with Gasteiger partial charge in [-0.05, 0) is 44.2 Å². The number of fused-ring (bicyclic) bond motifs is 1. The summed E-state index contributed by atoms with van der Waals surface area (Å²) in [5, 5.41) is 0. The summed E-state index contributed by atoms with van der Waals surface area (Å²) in [5.41, 5.74) is 3.74. The number of aryl methyl sites for hydroxylation is 1. The van der Waals surface area contributed by atoms with E-state index in [1.807, 2.05) is 62.4 Å².